The van der Waals surface area contributed by atoms with Crippen LogP contribution < -0.4 is 4.90 Å². The summed E-state index contributed by atoms with van der Waals surface area (Å²) in [5.41, 5.74) is 0.798. The first-order chi connectivity index (χ1) is 10.8. The Kier molecular flexibility index (Phi) is 3.36. The summed E-state index contributed by atoms with van der Waals surface area (Å²) in [4.78, 5) is 11.9. The molecule has 112 valence electrons. The molecule has 0 spiro atoms. The quantitative estimate of drug-likeness (QED) is 0.800. The number of aliphatic hydroxyl groups is 1. The molecule has 0 bridgehead atoms. The van der Waals surface area contributed by atoms with Crippen LogP contribution in [0.2, 0.25) is 0 Å². The minimum absolute atomic E-state index is 0.306. The van der Waals surface area contributed by atoms with Crippen LogP contribution in [-0.2, 0) is 0 Å². The zero-order valence-electron chi connectivity index (χ0n) is 11.7. The van der Waals surface area contributed by atoms with Crippen LogP contribution in [0, 0.1) is 0 Å². The number of nitrogens with zero attached hydrogens (tertiary/aromatic N) is 4. The summed E-state index contributed by atoms with van der Waals surface area (Å²) in [6.07, 6.45) is 2.18. The van der Waals surface area contributed by atoms with Crippen molar-refractivity contribution < 1.29 is 9.63 Å². The topological polar surface area (TPSA) is 75.3 Å². The third-order valence-electron chi connectivity index (χ3n) is 3.65. The molecule has 0 saturated carbocycles. The first kappa shape index (κ1) is 13.4. The highest BCUT2D eigenvalue weighted by Crippen LogP contribution is 2.31. The van der Waals surface area contributed by atoms with E-state index in [2.05, 4.69) is 20.0 Å². The number of rotatable bonds is 3. The summed E-state index contributed by atoms with van der Waals surface area (Å²) in [7, 11) is 0. The maximum absolute atomic E-state index is 9.73. The second kappa shape index (κ2) is 5.51. The van der Waals surface area contributed by atoms with Gasteiger partial charge in [0, 0.05) is 19.3 Å². The number of hydrogen-bond acceptors (Lipinski definition) is 7. The molecule has 0 aliphatic carbocycles. The molecule has 6 nitrogen and oxygen atoms in total. The molecule has 1 unspecified atom stereocenters. The van der Waals surface area contributed by atoms with Crippen LogP contribution in [0.1, 0.15) is 6.42 Å². The fourth-order valence-electron chi connectivity index (χ4n) is 2.59. The van der Waals surface area contributed by atoms with Crippen LogP contribution in [0.4, 0.5) is 5.82 Å². The standard InChI is InChI=1S/C15H14N4O2S/c20-10-5-7-19(9-10)14-11(3-1-6-16-14)15-17-13(18-21-15)12-4-2-8-22-12/h1-4,6,8,10,20H,5,7,9H2. The number of anilines is 1. The third kappa shape index (κ3) is 2.38. The van der Waals surface area contributed by atoms with Gasteiger partial charge in [-0.25, -0.2) is 4.98 Å². The number of hydrogen-bond donors (Lipinski definition) is 1. The number of β-amino-alcohol motifs (C(OH)–C–C–N with tert-alkyl or cyclic N) is 1. The van der Waals surface area contributed by atoms with Gasteiger partial charge in [-0.05, 0) is 30.0 Å². The first-order valence-electron chi connectivity index (χ1n) is 7.07. The predicted molar refractivity (Wildman–Crippen MR) is 83.7 cm³/mol. The van der Waals surface area contributed by atoms with Crippen molar-refractivity contribution >= 4 is 17.2 Å². The van der Waals surface area contributed by atoms with Gasteiger partial charge in [0.1, 0.15) is 5.82 Å². The number of aromatic nitrogens is 3. The van der Waals surface area contributed by atoms with Gasteiger partial charge in [-0.3, -0.25) is 0 Å². The molecule has 7 heteroatoms. The average molecular weight is 314 g/mol. The Balaban J connectivity index is 1.71. The Morgan fingerprint density at radius 3 is 3.05 bits per heavy atom. The molecule has 1 atom stereocenters. The molecule has 1 aliphatic rings. The third-order valence-corrected chi connectivity index (χ3v) is 4.51. The molecule has 3 aromatic heterocycles. The maximum Gasteiger partial charge on any atom is 0.262 e. The molecule has 4 rings (SSSR count). The zero-order valence-corrected chi connectivity index (χ0v) is 12.5. The summed E-state index contributed by atoms with van der Waals surface area (Å²) in [5.74, 6) is 1.81. The van der Waals surface area contributed by atoms with Crippen LogP contribution in [0.25, 0.3) is 22.2 Å². The van der Waals surface area contributed by atoms with Crippen molar-refractivity contribution in [2.24, 2.45) is 0 Å². The van der Waals surface area contributed by atoms with Crippen molar-refractivity contribution in [2.75, 3.05) is 18.0 Å². The van der Waals surface area contributed by atoms with Crippen molar-refractivity contribution in [1.29, 1.82) is 0 Å². The van der Waals surface area contributed by atoms with Crippen LogP contribution >= 0.6 is 11.3 Å². The average Bonchev–Trinajstić information content (AvgIpc) is 3.28. The van der Waals surface area contributed by atoms with E-state index in [4.69, 9.17) is 4.52 Å². The van der Waals surface area contributed by atoms with E-state index in [1.807, 2.05) is 29.6 Å². The largest absolute Gasteiger partial charge is 0.391 e. The van der Waals surface area contributed by atoms with Gasteiger partial charge in [0.05, 0.1) is 16.5 Å². The van der Waals surface area contributed by atoms with Crippen molar-refractivity contribution in [3.8, 4) is 22.2 Å². The SMILES string of the molecule is OC1CCN(c2ncccc2-c2nc(-c3cccs3)no2)C1. The number of pyridine rings is 1. The van der Waals surface area contributed by atoms with E-state index in [0.29, 0.717) is 18.3 Å². The van der Waals surface area contributed by atoms with Crippen LogP contribution in [0.5, 0.6) is 0 Å². The molecule has 1 aliphatic heterocycles. The fraction of sp³-hybridized carbons (Fsp3) is 0.267. The Bertz CT molecular complexity index is 771. The van der Waals surface area contributed by atoms with E-state index in [0.717, 1.165) is 29.2 Å². The molecule has 1 fully saturated rings. The summed E-state index contributed by atoms with van der Waals surface area (Å²) in [5, 5.41) is 15.8. The maximum atomic E-state index is 9.73. The summed E-state index contributed by atoms with van der Waals surface area (Å²) in [6, 6.07) is 7.68. The number of aliphatic hydroxyl groups excluding tert-OH is 1. The molecule has 22 heavy (non-hydrogen) atoms. The van der Waals surface area contributed by atoms with E-state index >= 15 is 0 Å². The van der Waals surface area contributed by atoms with Crippen LogP contribution in [0.3, 0.4) is 0 Å². The summed E-state index contributed by atoms with van der Waals surface area (Å²) in [6.45, 7) is 1.35. The van der Waals surface area contributed by atoms with Crippen molar-refractivity contribution in [3.05, 3.63) is 35.8 Å². The first-order valence-corrected chi connectivity index (χ1v) is 7.95. The lowest BCUT2D eigenvalue weighted by Crippen LogP contribution is -2.22. The number of thiophene rings is 1. The van der Waals surface area contributed by atoms with Gasteiger partial charge in [-0.1, -0.05) is 11.2 Å². The Labute approximate surface area is 131 Å². The smallest absolute Gasteiger partial charge is 0.262 e. The molecular weight excluding hydrogens is 300 g/mol. The Hall–Kier alpha value is -2.25. The van der Waals surface area contributed by atoms with E-state index < -0.39 is 0 Å². The predicted octanol–water partition coefficient (Wildman–Crippen LogP) is 2.43. The normalized spacial score (nSPS) is 18.0. The van der Waals surface area contributed by atoms with Gasteiger partial charge >= 0.3 is 0 Å². The van der Waals surface area contributed by atoms with Gasteiger partial charge < -0.3 is 14.5 Å². The fourth-order valence-corrected chi connectivity index (χ4v) is 3.24. The monoisotopic (exact) mass is 314 g/mol. The van der Waals surface area contributed by atoms with Gasteiger partial charge in [-0.2, -0.15) is 4.98 Å². The minimum Gasteiger partial charge on any atom is -0.391 e. The summed E-state index contributed by atoms with van der Waals surface area (Å²) < 4.78 is 5.42. The van der Waals surface area contributed by atoms with Gasteiger partial charge in [0.2, 0.25) is 5.82 Å². The lowest BCUT2D eigenvalue weighted by Gasteiger charge is -2.18. The molecule has 1 N–H and O–H groups in total. The van der Waals surface area contributed by atoms with Gasteiger partial charge in [0.25, 0.3) is 5.89 Å². The molecule has 1 saturated heterocycles. The molecule has 0 radical (unpaired) electrons. The van der Waals surface area contributed by atoms with E-state index in [9.17, 15) is 5.11 Å². The van der Waals surface area contributed by atoms with Crippen LogP contribution in [-0.4, -0.2) is 39.4 Å². The second-order valence-electron chi connectivity index (χ2n) is 5.16. The molecule has 0 aromatic carbocycles. The molecule has 4 heterocycles. The van der Waals surface area contributed by atoms with Crippen molar-refractivity contribution in [1.82, 2.24) is 15.1 Å². The zero-order chi connectivity index (χ0) is 14.9. The highest BCUT2D eigenvalue weighted by atomic mass is 32.1. The molecule has 3 aromatic rings. The van der Waals surface area contributed by atoms with E-state index in [-0.39, 0.29) is 6.10 Å². The van der Waals surface area contributed by atoms with Crippen molar-refractivity contribution in [2.45, 2.75) is 12.5 Å². The van der Waals surface area contributed by atoms with E-state index in [1.54, 1.807) is 17.5 Å². The van der Waals surface area contributed by atoms with Gasteiger partial charge in [0.15, 0.2) is 0 Å². The lowest BCUT2D eigenvalue weighted by atomic mass is 10.2. The molecule has 0 amide bonds. The Morgan fingerprint density at radius 2 is 2.27 bits per heavy atom. The highest BCUT2D eigenvalue weighted by molar-refractivity contribution is 7.13. The minimum atomic E-state index is -0.306. The van der Waals surface area contributed by atoms with Gasteiger partial charge in [-0.15, -0.1) is 11.3 Å². The second-order valence-corrected chi connectivity index (χ2v) is 6.11. The summed E-state index contributed by atoms with van der Waals surface area (Å²) >= 11 is 1.57. The molecular formula is C15H14N4O2S. The Morgan fingerprint density at radius 1 is 1.32 bits per heavy atom. The van der Waals surface area contributed by atoms with Crippen LogP contribution in [0.15, 0.2) is 40.4 Å². The lowest BCUT2D eigenvalue weighted by molar-refractivity contribution is 0.198. The van der Waals surface area contributed by atoms with E-state index in [1.165, 1.54) is 0 Å². The highest BCUT2D eigenvalue weighted by Gasteiger charge is 2.25. The van der Waals surface area contributed by atoms with Crippen molar-refractivity contribution in [3.63, 3.8) is 0 Å².